The van der Waals surface area contributed by atoms with Crippen molar-refractivity contribution in [3.05, 3.63) is 40.4 Å². The summed E-state index contributed by atoms with van der Waals surface area (Å²) in [7, 11) is 0. The molecule has 2 aromatic rings. The van der Waals surface area contributed by atoms with Gasteiger partial charge in [0.15, 0.2) is 0 Å². The molecule has 0 unspecified atom stereocenters. The Hall–Kier alpha value is -1.89. The molecular formula is C13H10F3NO2S. The minimum absolute atomic E-state index is 0.235. The Morgan fingerprint density at radius 2 is 2.10 bits per heavy atom. The van der Waals surface area contributed by atoms with Crippen molar-refractivity contribution < 1.29 is 23.1 Å². The molecule has 0 amide bonds. The first kappa shape index (κ1) is 14.5. The van der Waals surface area contributed by atoms with Gasteiger partial charge in [-0.15, -0.1) is 11.3 Å². The minimum atomic E-state index is -4.41. The number of carboxylic acid groups (broad SMARTS) is 1. The molecular weight excluding hydrogens is 291 g/mol. The Labute approximate surface area is 116 Å². The third-order valence-electron chi connectivity index (χ3n) is 2.65. The first-order chi connectivity index (χ1) is 9.27. The predicted octanol–water partition coefficient (Wildman–Crippen LogP) is 3.76. The van der Waals surface area contributed by atoms with E-state index in [0.717, 1.165) is 12.1 Å². The lowest BCUT2D eigenvalue weighted by molar-refractivity contribution is -0.138. The highest BCUT2D eigenvalue weighted by atomic mass is 32.1. The van der Waals surface area contributed by atoms with Gasteiger partial charge in [0.2, 0.25) is 0 Å². The van der Waals surface area contributed by atoms with Crippen LogP contribution in [0.2, 0.25) is 0 Å². The smallest absolute Gasteiger partial charge is 0.416 e. The number of carbonyl (C=O) groups is 1. The summed E-state index contributed by atoms with van der Waals surface area (Å²) in [6, 6.07) is 4.84. The molecule has 0 spiro atoms. The summed E-state index contributed by atoms with van der Waals surface area (Å²) in [6.07, 6.45) is -4.65. The highest BCUT2D eigenvalue weighted by Crippen LogP contribution is 2.34. The maximum Gasteiger partial charge on any atom is 0.416 e. The topological polar surface area (TPSA) is 50.2 Å². The third kappa shape index (κ3) is 3.16. The second-order valence-electron chi connectivity index (χ2n) is 4.17. The number of rotatable bonds is 3. The highest BCUT2D eigenvalue weighted by Gasteiger charge is 2.30. The van der Waals surface area contributed by atoms with Crippen molar-refractivity contribution in [3.63, 3.8) is 0 Å². The fourth-order valence-electron chi connectivity index (χ4n) is 1.69. The molecule has 0 aliphatic carbocycles. The first-order valence-corrected chi connectivity index (χ1v) is 6.45. The van der Waals surface area contributed by atoms with Gasteiger partial charge in [-0.2, -0.15) is 13.2 Å². The van der Waals surface area contributed by atoms with Crippen LogP contribution in [0.3, 0.4) is 0 Å². The maximum atomic E-state index is 12.6. The van der Waals surface area contributed by atoms with Crippen LogP contribution in [0.5, 0.6) is 0 Å². The molecule has 7 heteroatoms. The summed E-state index contributed by atoms with van der Waals surface area (Å²) in [5.41, 5.74) is -0.0258. The molecule has 1 aromatic heterocycles. The molecule has 1 heterocycles. The van der Waals surface area contributed by atoms with Gasteiger partial charge in [0.05, 0.1) is 17.7 Å². The van der Waals surface area contributed by atoms with Crippen molar-refractivity contribution in [3.8, 4) is 10.6 Å². The van der Waals surface area contributed by atoms with Gasteiger partial charge in [-0.25, -0.2) is 4.98 Å². The van der Waals surface area contributed by atoms with Crippen LogP contribution in [0.4, 0.5) is 13.2 Å². The van der Waals surface area contributed by atoms with Crippen molar-refractivity contribution in [2.45, 2.75) is 19.5 Å². The molecule has 0 radical (unpaired) electrons. The fourth-order valence-corrected chi connectivity index (χ4v) is 2.61. The molecule has 2 rings (SSSR count). The number of alkyl halides is 3. The average molecular weight is 301 g/mol. The van der Waals surface area contributed by atoms with Gasteiger partial charge in [-0.3, -0.25) is 4.79 Å². The van der Waals surface area contributed by atoms with E-state index in [1.807, 2.05) is 0 Å². The van der Waals surface area contributed by atoms with E-state index in [1.54, 1.807) is 6.92 Å². The van der Waals surface area contributed by atoms with Crippen LogP contribution in [0.1, 0.15) is 16.1 Å². The molecule has 0 aliphatic heterocycles. The molecule has 1 aromatic carbocycles. The number of carboxylic acids is 1. The van der Waals surface area contributed by atoms with Crippen molar-refractivity contribution in [2.75, 3.05) is 0 Å². The number of hydrogen-bond acceptors (Lipinski definition) is 3. The summed E-state index contributed by atoms with van der Waals surface area (Å²) in [4.78, 5) is 15.5. The Morgan fingerprint density at radius 3 is 2.70 bits per heavy atom. The van der Waals surface area contributed by atoms with Gasteiger partial charge >= 0.3 is 12.1 Å². The number of aliphatic carboxylic acids is 1. The summed E-state index contributed by atoms with van der Waals surface area (Å²) in [6.45, 7) is 1.70. The number of halogens is 3. The van der Waals surface area contributed by atoms with Crippen molar-refractivity contribution >= 4 is 17.3 Å². The van der Waals surface area contributed by atoms with E-state index in [9.17, 15) is 18.0 Å². The van der Waals surface area contributed by atoms with E-state index >= 15 is 0 Å². The first-order valence-electron chi connectivity index (χ1n) is 5.63. The second-order valence-corrected chi connectivity index (χ2v) is 5.37. The number of nitrogens with zero attached hydrogens (tertiary/aromatic N) is 1. The number of aryl methyl sites for hydroxylation is 1. The van der Waals surface area contributed by atoms with Crippen LogP contribution in [-0.2, 0) is 17.4 Å². The lowest BCUT2D eigenvalue weighted by atomic mass is 10.1. The van der Waals surface area contributed by atoms with Crippen molar-refractivity contribution in [1.82, 2.24) is 4.98 Å². The van der Waals surface area contributed by atoms with Crippen molar-refractivity contribution in [2.24, 2.45) is 0 Å². The fraction of sp³-hybridized carbons (Fsp3) is 0.231. The van der Waals surface area contributed by atoms with Crippen molar-refractivity contribution in [1.29, 1.82) is 0 Å². The largest absolute Gasteiger partial charge is 0.481 e. The molecule has 20 heavy (non-hydrogen) atoms. The van der Waals surface area contributed by atoms with E-state index in [0.29, 0.717) is 21.1 Å². The van der Waals surface area contributed by atoms with E-state index in [1.165, 1.54) is 23.5 Å². The summed E-state index contributed by atoms with van der Waals surface area (Å²) >= 11 is 1.19. The minimum Gasteiger partial charge on any atom is -0.481 e. The molecule has 0 saturated heterocycles. The van der Waals surface area contributed by atoms with Crippen LogP contribution in [0, 0.1) is 6.92 Å². The van der Waals surface area contributed by atoms with E-state index in [-0.39, 0.29) is 6.42 Å². The Morgan fingerprint density at radius 1 is 1.40 bits per heavy atom. The SMILES string of the molecule is Cc1sc(-c2cccc(C(F)(F)F)c2)nc1CC(=O)O. The van der Waals surface area contributed by atoms with E-state index < -0.39 is 17.7 Å². The monoisotopic (exact) mass is 301 g/mol. The van der Waals surface area contributed by atoms with Gasteiger partial charge in [0, 0.05) is 10.4 Å². The van der Waals surface area contributed by atoms with Gasteiger partial charge in [0.1, 0.15) is 5.01 Å². The van der Waals surface area contributed by atoms with Gasteiger partial charge in [0.25, 0.3) is 0 Å². The quantitative estimate of drug-likeness (QED) is 0.939. The van der Waals surface area contributed by atoms with Crippen LogP contribution in [0.15, 0.2) is 24.3 Å². The summed E-state index contributed by atoms with van der Waals surface area (Å²) in [5, 5.41) is 9.13. The molecule has 0 atom stereocenters. The number of hydrogen-bond donors (Lipinski definition) is 1. The predicted molar refractivity (Wildman–Crippen MR) is 68.6 cm³/mol. The zero-order valence-electron chi connectivity index (χ0n) is 10.4. The lowest BCUT2D eigenvalue weighted by Crippen LogP contribution is -2.04. The van der Waals surface area contributed by atoms with Gasteiger partial charge < -0.3 is 5.11 Å². The Balaban J connectivity index is 2.39. The highest BCUT2D eigenvalue weighted by molar-refractivity contribution is 7.15. The molecule has 0 saturated carbocycles. The zero-order valence-corrected chi connectivity index (χ0v) is 11.2. The zero-order chi connectivity index (χ0) is 14.9. The number of thiazole rings is 1. The summed E-state index contributed by atoms with van der Waals surface area (Å²) in [5.74, 6) is -1.02. The van der Waals surface area contributed by atoms with Crippen LogP contribution in [0.25, 0.3) is 10.6 Å². The normalized spacial score (nSPS) is 11.6. The van der Waals surface area contributed by atoms with Gasteiger partial charge in [-0.05, 0) is 19.1 Å². The molecule has 1 N–H and O–H groups in total. The standard InChI is InChI=1S/C13H10F3NO2S/c1-7-10(6-11(18)19)17-12(20-7)8-3-2-4-9(5-8)13(14,15)16/h2-5H,6H2,1H3,(H,18,19). The number of benzene rings is 1. The number of aromatic nitrogens is 1. The Kier molecular flexibility index (Phi) is 3.80. The third-order valence-corrected chi connectivity index (χ3v) is 3.71. The average Bonchev–Trinajstić information content (AvgIpc) is 2.69. The lowest BCUT2D eigenvalue weighted by Gasteiger charge is -2.07. The van der Waals surface area contributed by atoms with E-state index in [2.05, 4.69) is 4.98 Å². The second kappa shape index (κ2) is 5.24. The van der Waals surface area contributed by atoms with Crippen LogP contribution < -0.4 is 0 Å². The molecule has 0 aliphatic rings. The molecule has 3 nitrogen and oxygen atoms in total. The molecule has 106 valence electrons. The summed E-state index contributed by atoms with van der Waals surface area (Å²) < 4.78 is 37.9. The Bertz CT molecular complexity index is 649. The molecule has 0 bridgehead atoms. The van der Waals surface area contributed by atoms with Crippen LogP contribution in [-0.4, -0.2) is 16.1 Å². The van der Waals surface area contributed by atoms with Gasteiger partial charge in [-0.1, -0.05) is 12.1 Å². The van der Waals surface area contributed by atoms with Crippen LogP contribution >= 0.6 is 11.3 Å². The van der Waals surface area contributed by atoms with E-state index in [4.69, 9.17) is 5.11 Å². The maximum absolute atomic E-state index is 12.6. The molecule has 0 fully saturated rings.